The Hall–Kier alpha value is -1.45. The van der Waals surface area contributed by atoms with Crippen LogP contribution in [0.15, 0.2) is 24.3 Å². The fourth-order valence-electron chi connectivity index (χ4n) is 1.18. The minimum atomic E-state index is -3.33. The van der Waals surface area contributed by atoms with Gasteiger partial charge in [0.1, 0.15) is 5.75 Å². The first-order chi connectivity index (χ1) is 7.45. The Labute approximate surface area is 93.2 Å². The first-order valence-corrected chi connectivity index (χ1v) is 5.10. The third kappa shape index (κ3) is 3.29. The highest BCUT2D eigenvalue weighted by Gasteiger charge is 2.32. The van der Waals surface area contributed by atoms with Crippen molar-refractivity contribution in [3.05, 3.63) is 29.8 Å². The molecule has 0 spiro atoms. The van der Waals surface area contributed by atoms with Gasteiger partial charge in [-0.2, -0.15) is 8.78 Å². The number of halogens is 2. The van der Waals surface area contributed by atoms with Gasteiger partial charge in [-0.05, 0) is 30.7 Å². The summed E-state index contributed by atoms with van der Waals surface area (Å²) in [7, 11) is 0. The van der Waals surface area contributed by atoms with Gasteiger partial charge in [0.05, 0.1) is 6.61 Å². The van der Waals surface area contributed by atoms with Crippen LogP contribution >= 0.6 is 0 Å². The van der Waals surface area contributed by atoms with E-state index < -0.39 is 11.7 Å². The lowest BCUT2D eigenvalue weighted by molar-refractivity contribution is 0.0221. The number of hydrogen-bond acceptors (Lipinski definition) is 2. The van der Waals surface area contributed by atoms with E-state index in [1.54, 1.807) is 0 Å². The molecule has 0 heterocycles. The fraction of sp³-hybridized carbons (Fsp3) is 0.417. The van der Waals surface area contributed by atoms with E-state index in [2.05, 4.69) is 0 Å². The second-order valence-electron chi connectivity index (χ2n) is 3.59. The van der Waals surface area contributed by atoms with Crippen LogP contribution in [-0.4, -0.2) is 18.3 Å². The highest BCUT2D eigenvalue weighted by atomic mass is 19.3. The Bertz CT molecular complexity index is 352. The molecule has 0 saturated heterocycles. The highest BCUT2D eigenvalue weighted by molar-refractivity contribution is 6.01. The minimum absolute atomic E-state index is 0.00338. The van der Waals surface area contributed by atoms with Crippen LogP contribution in [0.2, 0.25) is 0 Å². The predicted molar refractivity (Wildman–Crippen MR) is 57.2 cm³/mol. The molecule has 1 aromatic rings. The van der Waals surface area contributed by atoms with Crippen molar-refractivity contribution in [2.75, 3.05) is 6.61 Å². The smallest absolute Gasteiger partial charge is 0.307 e. The highest BCUT2D eigenvalue weighted by Crippen LogP contribution is 2.21. The van der Waals surface area contributed by atoms with Crippen molar-refractivity contribution in [1.29, 1.82) is 0 Å². The van der Waals surface area contributed by atoms with Crippen molar-refractivity contribution in [1.82, 2.24) is 0 Å². The Kier molecular flexibility index (Phi) is 3.99. The number of carbonyl (C=O) groups excluding carboxylic acids is 1. The van der Waals surface area contributed by atoms with E-state index in [-0.39, 0.29) is 5.56 Å². The summed E-state index contributed by atoms with van der Waals surface area (Å²) in [5, 5.41) is 0. The van der Waals surface area contributed by atoms with Crippen LogP contribution in [0.1, 0.15) is 30.6 Å². The lowest BCUT2D eigenvalue weighted by Gasteiger charge is -2.09. The summed E-state index contributed by atoms with van der Waals surface area (Å²) < 4.78 is 30.7. The van der Waals surface area contributed by atoms with E-state index in [0.29, 0.717) is 19.3 Å². The van der Waals surface area contributed by atoms with Gasteiger partial charge in [-0.15, -0.1) is 0 Å². The molecule has 0 amide bonds. The zero-order valence-corrected chi connectivity index (χ0v) is 9.30. The molecule has 4 heteroatoms. The van der Waals surface area contributed by atoms with Gasteiger partial charge < -0.3 is 4.74 Å². The molecule has 0 unspecified atom stereocenters. The molecule has 0 N–H and O–H groups in total. The maximum atomic E-state index is 12.7. The van der Waals surface area contributed by atoms with E-state index >= 15 is 0 Å². The molecule has 0 aliphatic carbocycles. The summed E-state index contributed by atoms with van der Waals surface area (Å²) in [6.07, 6.45) is 0.869. The third-order valence-corrected chi connectivity index (χ3v) is 1.99. The van der Waals surface area contributed by atoms with Crippen LogP contribution in [-0.2, 0) is 0 Å². The van der Waals surface area contributed by atoms with Crippen molar-refractivity contribution in [2.45, 2.75) is 26.2 Å². The normalized spacial score (nSPS) is 11.2. The molecule has 0 aromatic heterocycles. The van der Waals surface area contributed by atoms with Gasteiger partial charge in [0, 0.05) is 12.5 Å². The molecule has 2 nitrogen and oxygen atoms in total. The maximum absolute atomic E-state index is 12.7. The Morgan fingerprint density at radius 1 is 1.31 bits per heavy atom. The lowest BCUT2D eigenvalue weighted by atomic mass is 10.1. The van der Waals surface area contributed by atoms with Crippen LogP contribution in [0.25, 0.3) is 0 Å². The van der Waals surface area contributed by atoms with Crippen LogP contribution in [0.5, 0.6) is 5.75 Å². The predicted octanol–water partition coefficient (Wildman–Crippen LogP) is 3.31. The molecule has 1 aromatic carbocycles. The standard InChI is InChI=1S/C12H14F2O2/c1-3-8-16-10-6-4-9(5-7-10)11(15)12(2,13)14/h4-7H,3,8H2,1-2H3. The number of hydrogen-bond donors (Lipinski definition) is 0. The average Bonchev–Trinajstić information content (AvgIpc) is 2.25. The average molecular weight is 228 g/mol. The van der Waals surface area contributed by atoms with E-state index in [9.17, 15) is 13.6 Å². The minimum Gasteiger partial charge on any atom is -0.494 e. The van der Waals surface area contributed by atoms with Crippen molar-refractivity contribution in [2.24, 2.45) is 0 Å². The maximum Gasteiger partial charge on any atom is 0.307 e. The van der Waals surface area contributed by atoms with Gasteiger partial charge in [-0.25, -0.2) is 0 Å². The molecule has 0 saturated carbocycles. The van der Waals surface area contributed by atoms with Crippen LogP contribution in [0, 0.1) is 0 Å². The monoisotopic (exact) mass is 228 g/mol. The molecule has 1 rings (SSSR count). The number of benzene rings is 1. The number of rotatable bonds is 5. The van der Waals surface area contributed by atoms with Crippen LogP contribution < -0.4 is 4.74 Å². The fourth-order valence-corrected chi connectivity index (χ4v) is 1.18. The van der Waals surface area contributed by atoms with Gasteiger partial charge in [0.15, 0.2) is 0 Å². The summed E-state index contributed by atoms with van der Waals surface area (Å²) in [6, 6.07) is 5.75. The third-order valence-electron chi connectivity index (χ3n) is 1.99. The summed E-state index contributed by atoms with van der Waals surface area (Å²) in [5.41, 5.74) is -0.00338. The molecule has 16 heavy (non-hydrogen) atoms. The largest absolute Gasteiger partial charge is 0.494 e. The second kappa shape index (κ2) is 5.05. The Balaban J connectivity index is 2.75. The lowest BCUT2D eigenvalue weighted by Crippen LogP contribution is -2.24. The zero-order chi connectivity index (χ0) is 12.2. The molecule has 0 fully saturated rings. The summed E-state index contributed by atoms with van der Waals surface area (Å²) in [4.78, 5) is 11.2. The van der Waals surface area contributed by atoms with E-state index in [1.165, 1.54) is 24.3 Å². The van der Waals surface area contributed by atoms with Crippen molar-refractivity contribution in [3.8, 4) is 5.75 Å². The van der Waals surface area contributed by atoms with Crippen LogP contribution in [0.3, 0.4) is 0 Å². The van der Waals surface area contributed by atoms with Crippen molar-refractivity contribution >= 4 is 5.78 Å². The quantitative estimate of drug-likeness (QED) is 0.723. The van der Waals surface area contributed by atoms with Gasteiger partial charge >= 0.3 is 5.92 Å². The topological polar surface area (TPSA) is 26.3 Å². The number of ether oxygens (including phenoxy) is 1. The number of alkyl halides is 2. The van der Waals surface area contributed by atoms with E-state index in [0.717, 1.165) is 6.42 Å². The van der Waals surface area contributed by atoms with Gasteiger partial charge in [-0.1, -0.05) is 6.92 Å². The van der Waals surface area contributed by atoms with E-state index in [4.69, 9.17) is 4.74 Å². The zero-order valence-electron chi connectivity index (χ0n) is 9.30. The molecular formula is C12H14F2O2. The molecule has 0 aliphatic rings. The molecule has 0 bridgehead atoms. The summed E-state index contributed by atoms with van der Waals surface area (Å²) in [6.45, 7) is 3.13. The molecule has 0 radical (unpaired) electrons. The van der Waals surface area contributed by atoms with Gasteiger partial charge in [0.2, 0.25) is 5.78 Å². The van der Waals surface area contributed by atoms with Crippen molar-refractivity contribution < 1.29 is 18.3 Å². The van der Waals surface area contributed by atoms with Crippen LogP contribution in [0.4, 0.5) is 8.78 Å². The van der Waals surface area contributed by atoms with E-state index in [1.807, 2.05) is 6.92 Å². The first kappa shape index (κ1) is 12.6. The first-order valence-electron chi connectivity index (χ1n) is 5.10. The number of Topliss-reactive ketones (excluding diaryl/α,β-unsaturated/α-hetero) is 1. The SMILES string of the molecule is CCCOc1ccc(C(=O)C(C)(F)F)cc1. The second-order valence-corrected chi connectivity index (χ2v) is 3.59. The number of ketones is 1. The molecular weight excluding hydrogens is 214 g/mol. The molecule has 0 aliphatic heterocycles. The number of carbonyl (C=O) groups is 1. The Morgan fingerprint density at radius 3 is 2.31 bits per heavy atom. The Morgan fingerprint density at radius 2 is 1.88 bits per heavy atom. The molecule has 88 valence electrons. The summed E-state index contributed by atoms with van der Waals surface area (Å²) >= 11 is 0. The van der Waals surface area contributed by atoms with Crippen molar-refractivity contribution in [3.63, 3.8) is 0 Å². The van der Waals surface area contributed by atoms with Gasteiger partial charge in [-0.3, -0.25) is 4.79 Å². The summed E-state index contributed by atoms with van der Waals surface area (Å²) in [5.74, 6) is -3.92. The molecule has 0 atom stereocenters. The van der Waals surface area contributed by atoms with Gasteiger partial charge in [0.25, 0.3) is 0 Å².